The lowest BCUT2D eigenvalue weighted by atomic mass is 10.2. The van der Waals surface area contributed by atoms with E-state index in [0.717, 1.165) is 10.3 Å². The van der Waals surface area contributed by atoms with Gasteiger partial charge in [0.15, 0.2) is 0 Å². The predicted octanol–water partition coefficient (Wildman–Crippen LogP) is 3.46. The van der Waals surface area contributed by atoms with Crippen molar-refractivity contribution in [1.82, 2.24) is 14.5 Å². The van der Waals surface area contributed by atoms with Crippen LogP contribution in [0.4, 0.5) is 23.2 Å². The summed E-state index contributed by atoms with van der Waals surface area (Å²) in [6.07, 6.45) is -4.94. The summed E-state index contributed by atoms with van der Waals surface area (Å²) in [6, 6.07) is 10.8. The molecule has 1 aliphatic rings. The van der Waals surface area contributed by atoms with Crippen LogP contribution in [-0.2, 0) is 11.0 Å². The number of carbonyl (C=O) groups excluding carboxylic acids is 1. The van der Waals surface area contributed by atoms with E-state index in [1.54, 1.807) is 18.2 Å². The normalized spacial score (nSPS) is 15.8. The first kappa shape index (κ1) is 21.8. The number of fused-ring (bicyclic) bond motifs is 1. The number of aromatic nitrogens is 2. The van der Waals surface area contributed by atoms with Gasteiger partial charge in [-0.25, -0.2) is 9.37 Å². The maximum absolute atomic E-state index is 13.4. The van der Waals surface area contributed by atoms with Crippen LogP contribution in [0.5, 0.6) is 0 Å². The van der Waals surface area contributed by atoms with Crippen LogP contribution in [-0.4, -0.2) is 46.5 Å². The Balaban J connectivity index is 1.60. The SMILES string of the molecule is C[C@@H](C(=O)N1CCN(c2ccc(F)cc2)CC1)n1c(=O)c(C(F)(F)F)nc2ccccc21. The zero-order valence-electron chi connectivity index (χ0n) is 17.1. The first-order valence-corrected chi connectivity index (χ1v) is 10.0. The molecule has 0 N–H and O–H groups in total. The van der Waals surface area contributed by atoms with Crippen LogP contribution < -0.4 is 10.5 Å². The highest BCUT2D eigenvalue weighted by Gasteiger charge is 2.39. The van der Waals surface area contributed by atoms with E-state index in [9.17, 15) is 27.2 Å². The van der Waals surface area contributed by atoms with Gasteiger partial charge in [0, 0.05) is 31.9 Å². The van der Waals surface area contributed by atoms with Crippen molar-refractivity contribution in [2.75, 3.05) is 31.1 Å². The van der Waals surface area contributed by atoms with Crippen LogP contribution in [0.25, 0.3) is 11.0 Å². The van der Waals surface area contributed by atoms with E-state index in [2.05, 4.69) is 4.98 Å². The lowest BCUT2D eigenvalue weighted by Crippen LogP contribution is -2.51. The van der Waals surface area contributed by atoms with Gasteiger partial charge in [-0.2, -0.15) is 13.2 Å². The number of anilines is 1. The number of hydrogen-bond donors (Lipinski definition) is 0. The highest BCUT2D eigenvalue weighted by Crippen LogP contribution is 2.28. The fraction of sp³-hybridized carbons (Fsp3) is 0.318. The van der Waals surface area contributed by atoms with Gasteiger partial charge in [-0.05, 0) is 43.3 Å². The van der Waals surface area contributed by atoms with Gasteiger partial charge in [0.1, 0.15) is 11.9 Å². The number of benzene rings is 2. The number of amides is 1. The summed E-state index contributed by atoms with van der Waals surface area (Å²) in [5.74, 6) is -0.792. The molecule has 0 radical (unpaired) electrons. The molecule has 0 saturated carbocycles. The van der Waals surface area contributed by atoms with E-state index in [-0.39, 0.29) is 16.9 Å². The van der Waals surface area contributed by atoms with E-state index < -0.39 is 29.4 Å². The zero-order valence-corrected chi connectivity index (χ0v) is 17.1. The van der Waals surface area contributed by atoms with Crippen molar-refractivity contribution < 1.29 is 22.4 Å². The third-order valence-corrected chi connectivity index (χ3v) is 5.59. The molecule has 10 heteroatoms. The van der Waals surface area contributed by atoms with Gasteiger partial charge < -0.3 is 9.80 Å². The summed E-state index contributed by atoms with van der Waals surface area (Å²) in [7, 11) is 0. The molecule has 2 heterocycles. The number of rotatable bonds is 3. The average molecular weight is 448 g/mol. The van der Waals surface area contributed by atoms with Gasteiger partial charge in [-0.1, -0.05) is 12.1 Å². The predicted molar refractivity (Wildman–Crippen MR) is 111 cm³/mol. The van der Waals surface area contributed by atoms with Crippen molar-refractivity contribution in [3.8, 4) is 0 Å². The molecule has 0 spiro atoms. The molecule has 0 bridgehead atoms. The molecule has 0 aliphatic carbocycles. The Kier molecular flexibility index (Phi) is 5.62. The maximum Gasteiger partial charge on any atom is 0.438 e. The van der Waals surface area contributed by atoms with Crippen LogP contribution in [0, 0.1) is 5.82 Å². The largest absolute Gasteiger partial charge is 0.438 e. The molecular formula is C22H20F4N4O2. The second-order valence-corrected chi connectivity index (χ2v) is 7.59. The number of hydrogen-bond acceptors (Lipinski definition) is 4. The van der Waals surface area contributed by atoms with Crippen LogP contribution in [0.2, 0.25) is 0 Å². The van der Waals surface area contributed by atoms with Gasteiger partial charge in [-0.3, -0.25) is 14.2 Å². The zero-order chi connectivity index (χ0) is 23.0. The average Bonchev–Trinajstić information content (AvgIpc) is 2.78. The number of carbonyl (C=O) groups is 1. The number of halogens is 4. The molecule has 2 aromatic carbocycles. The summed E-state index contributed by atoms with van der Waals surface area (Å²) >= 11 is 0. The smallest absolute Gasteiger partial charge is 0.368 e. The first-order valence-electron chi connectivity index (χ1n) is 10.0. The molecule has 6 nitrogen and oxygen atoms in total. The third kappa shape index (κ3) is 4.04. The Morgan fingerprint density at radius 3 is 2.25 bits per heavy atom. The number of piperazine rings is 1. The van der Waals surface area contributed by atoms with Gasteiger partial charge >= 0.3 is 6.18 Å². The molecule has 3 aromatic rings. The molecule has 1 amide bonds. The molecule has 1 aromatic heterocycles. The summed E-state index contributed by atoms with van der Waals surface area (Å²) in [5.41, 5.74) is -1.92. The summed E-state index contributed by atoms with van der Waals surface area (Å²) in [6.45, 7) is 3.02. The van der Waals surface area contributed by atoms with Crippen molar-refractivity contribution in [3.05, 3.63) is 70.4 Å². The highest BCUT2D eigenvalue weighted by atomic mass is 19.4. The molecule has 1 aliphatic heterocycles. The van der Waals surface area contributed by atoms with Crippen LogP contribution in [0.1, 0.15) is 18.7 Å². The second-order valence-electron chi connectivity index (χ2n) is 7.59. The standard InChI is InChI=1S/C22H20F4N4O2/c1-14(20(31)29-12-10-28(11-13-29)16-8-6-15(23)7-9-16)30-18-5-3-2-4-17(18)27-19(21(30)32)22(24,25)26/h2-9,14H,10-13H2,1H3/t14-/m0/s1. The van der Waals surface area contributed by atoms with Gasteiger partial charge in [0.05, 0.1) is 11.0 Å². The molecule has 168 valence electrons. The third-order valence-electron chi connectivity index (χ3n) is 5.59. The fourth-order valence-corrected chi connectivity index (χ4v) is 3.93. The highest BCUT2D eigenvalue weighted by molar-refractivity contribution is 5.83. The Bertz CT molecular complexity index is 1200. The van der Waals surface area contributed by atoms with Crippen LogP contribution in [0.3, 0.4) is 0 Å². The van der Waals surface area contributed by atoms with Crippen LogP contribution >= 0.6 is 0 Å². The Morgan fingerprint density at radius 1 is 1.00 bits per heavy atom. The van der Waals surface area contributed by atoms with Crippen LogP contribution in [0.15, 0.2) is 53.3 Å². The lowest BCUT2D eigenvalue weighted by Gasteiger charge is -2.37. The Hall–Kier alpha value is -3.43. The Labute approximate surface area is 180 Å². The maximum atomic E-state index is 13.4. The summed E-state index contributed by atoms with van der Waals surface area (Å²) < 4.78 is 54.2. The lowest BCUT2D eigenvalue weighted by molar-refractivity contribution is -0.143. The minimum absolute atomic E-state index is 0.0137. The van der Waals surface area contributed by atoms with Crippen molar-refractivity contribution in [1.29, 1.82) is 0 Å². The molecule has 32 heavy (non-hydrogen) atoms. The summed E-state index contributed by atoms with van der Waals surface area (Å²) in [4.78, 5) is 32.8. The summed E-state index contributed by atoms with van der Waals surface area (Å²) in [5, 5.41) is 0. The minimum Gasteiger partial charge on any atom is -0.368 e. The van der Waals surface area contributed by atoms with E-state index in [0.29, 0.717) is 26.2 Å². The van der Waals surface area contributed by atoms with Gasteiger partial charge in [-0.15, -0.1) is 0 Å². The molecule has 1 fully saturated rings. The fourth-order valence-electron chi connectivity index (χ4n) is 3.93. The van der Waals surface area contributed by atoms with E-state index in [1.807, 2.05) is 4.90 Å². The van der Waals surface area contributed by atoms with Crippen molar-refractivity contribution in [2.45, 2.75) is 19.1 Å². The van der Waals surface area contributed by atoms with Gasteiger partial charge in [0.25, 0.3) is 5.56 Å². The minimum atomic E-state index is -4.94. The van der Waals surface area contributed by atoms with E-state index in [4.69, 9.17) is 0 Å². The topological polar surface area (TPSA) is 58.4 Å². The molecule has 0 unspecified atom stereocenters. The molecule has 4 rings (SSSR count). The molecular weight excluding hydrogens is 428 g/mol. The number of alkyl halides is 3. The second kappa shape index (κ2) is 8.25. The number of nitrogens with zero attached hydrogens (tertiary/aromatic N) is 4. The molecule has 1 atom stereocenters. The quantitative estimate of drug-likeness (QED) is 0.576. The first-order chi connectivity index (χ1) is 15.2. The monoisotopic (exact) mass is 448 g/mol. The van der Waals surface area contributed by atoms with E-state index in [1.165, 1.54) is 42.2 Å². The van der Waals surface area contributed by atoms with Crippen molar-refractivity contribution in [3.63, 3.8) is 0 Å². The molecule has 1 saturated heterocycles. The van der Waals surface area contributed by atoms with Crippen molar-refractivity contribution >= 4 is 22.6 Å². The number of para-hydroxylation sites is 2. The van der Waals surface area contributed by atoms with Crippen molar-refractivity contribution in [2.24, 2.45) is 0 Å². The van der Waals surface area contributed by atoms with E-state index >= 15 is 0 Å². The van der Waals surface area contributed by atoms with Gasteiger partial charge in [0.2, 0.25) is 11.6 Å². The Morgan fingerprint density at radius 2 is 1.62 bits per heavy atom.